The first kappa shape index (κ1) is 22.0. The van der Waals surface area contributed by atoms with Crippen molar-refractivity contribution in [3.63, 3.8) is 0 Å². The molecular formula is C19H19ClN4O4S2. The second kappa shape index (κ2) is 9.41. The van der Waals surface area contributed by atoms with E-state index < -0.39 is 15.9 Å². The summed E-state index contributed by atoms with van der Waals surface area (Å²) in [4.78, 5) is 12.5. The predicted octanol–water partition coefficient (Wildman–Crippen LogP) is 4.21. The van der Waals surface area contributed by atoms with Gasteiger partial charge in [-0.2, -0.15) is 0 Å². The summed E-state index contributed by atoms with van der Waals surface area (Å²) < 4.78 is 33.3. The van der Waals surface area contributed by atoms with Gasteiger partial charge in [0.25, 0.3) is 15.9 Å². The zero-order valence-corrected chi connectivity index (χ0v) is 18.6. The van der Waals surface area contributed by atoms with Gasteiger partial charge < -0.3 is 4.74 Å². The van der Waals surface area contributed by atoms with Crippen molar-refractivity contribution in [1.29, 1.82) is 0 Å². The highest BCUT2D eigenvalue weighted by Crippen LogP contribution is 2.25. The molecule has 0 saturated heterocycles. The highest BCUT2D eigenvalue weighted by atomic mass is 35.5. The van der Waals surface area contributed by atoms with E-state index in [4.69, 9.17) is 16.3 Å². The fourth-order valence-electron chi connectivity index (χ4n) is 2.46. The molecule has 0 atom stereocenters. The SMILES string of the molecule is CCOc1ccc(NS(=O)(=O)c2ccc(Cl)c(C(=O)Nc3nnc(CC)s3)c2)cc1. The Bertz CT molecular complexity index is 1150. The van der Waals surface area contributed by atoms with Gasteiger partial charge in [-0.05, 0) is 55.8 Å². The first-order valence-corrected chi connectivity index (χ1v) is 11.7. The number of halogens is 1. The van der Waals surface area contributed by atoms with Crippen LogP contribution in [0.5, 0.6) is 5.75 Å². The van der Waals surface area contributed by atoms with E-state index in [9.17, 15) is 13.2 Å². The minimum atomic E-state index is -3.94. The van der Waals surface area contributed by atoms with Gasteiger partial charge >= 0.3 is 0 Å². The molecule has 0 aliphatic carbocycles. The van der Waals surface area contributed by atoms with Crippen LogP contribution < -0.4 is 14.8 Å². The number of aromatic nitrogens is 2. The zero-order chi connectivity index (χ0) is 21.7. The van der Waals surface area contributed by atoms with Gasteiger partial charge in [0.15, 0.2) is 0 Å². The van der Waals surface area contributed by atoms with E-state index in [-0.39, 0.29) is 15.5 Å². The van der Waals surface area contributed by atoms with Gasteiger partial charge in [0.1, 0.15) is 10.8 Å². The average Bonchev–Trinajstić information content (AvgIpc) is 3.17. The maximum Gasteiger partial charge on any atom is 0.261 e. The van der Waals surface area contributed by atoms with Crippen LogP contribution in [-0.2, 0) is 16.4 Å². The summed E-state index contributed by atoms with van der Waals surface area (Å²) in [5.74, 6) is 0.0609. The van der Waals surface area contributed by atoms with Crippen molar-refractivity contribution < 1.29 is 17.9 Å². The molecule has 0 unspecified atom stereocenters. The number of aryl methyl sites for hydroxylation is 1. The van der Waals surface area contributed by atoms with Gasteiger partial charge in [-0.15, -0.1) is 10.2 Å². The van der Waals surface area contributed by atoms with Gasteiger partial charge in [0.05, 0.1) is 22.1 Å². The topological polar surface area (TPSA) is 110 Å². The second-order valence-corrected chi connectivity index (χ2v) is 9.16. The third kappa shape index (κ3) is 5.26. The molecule has 0 aliphatic heterocycles. The largest absolute Gasteiger partial charge is 0.494 e. The Morgan fingerprint density at radius 2 is 1.87 bits per heavy atom. The normalized spacial score (nSPS) is 11.2. The number of nitrogens with one attached hydrogen (secondary N) is 2. The van der Waals surface area contributed by atoms with Crippen molar-refractivity contribution in [2.24, 2.45) is 0 Å². The van der Waals surface area contributed by atoms with Crippen molar-refractivity contribution >= 4 is 49.7 Å². The summed E-state index contributed by atoms with van der Waals surface area (Å²) in [6, 6.07) is 10.4. The number of nitrogens with zero attached hydrogens (tertiary/aromatic N) is 2. The molecule has 3 aromatic rings. The Kier molecular flexibility index (Phi) is 6.91. The number of sulfonamides is 1. The van der Waals surface area contributed by atoms with Crippen molar-refractivity contribution in [2.75, 3.05) is 16.6 Å². The number of benzene rings is 2. The molecule has 0 bridgehead atoms. The van der Waals surface area contributed by atoms with Crippen LogP contribution in [0.3, 0.4) is 0 Å². The molecular weight excluding hydrogens is 448 g/mol. The van der Waals surface area contributed by atoms with Gasteiger partial charge in [-0.1, -0.05) is 29.9 Å². The van der Waals surface area contributed by atoms with E-state index >= 15 is 0 Å². The highest BCUT2D eigenvalue weighted by molar-refractivity contribution is 7.92. The minimum Gasteiger partial charge on any atom is -0.494 e. The molecule has 3 rings (SSSR count). The second-order valence-electron chi connectivity index (χ2n) is 6.01. The Balaban J connectivity index is 1.81. The Hall–Kier alpha value is -2.69. The number of carbonyl (C=O) groups is 1. The van der Waals surface area contributed by atoms with Crippen molar-refractivity contribution in [3.05, 3.63) is 58.1 Å². The zero-order valence-electron chi connectivity index (χ0n) is 16.2. The smallest absolute Gasteiger partial charge is 0.261 e. The highest BCUT2D eigenvalue weighted by Gasteiger charge is 2.20. The number of anilines is 2. The van der Waals surface area contributed by atoms with Gasteiger partial charge in [-0.25, -0.2) is 8.42 Å². The van der Waals surface area contributed by atoms with E-state index in [0.717, 1.165) is 5.01 Å². The van der Waals surface area contributed by atoms with Crippen LogP contribution >= 0.6 is 22.9 Å². The van der Waals surface area contributed by atoms with E-state index in [1.54, 1.807) is 24.3 Å². The van der Waals surface area contributed by atoms with E-state index in [0.29, 0.717) is 29.6 Å². The van der Waals surface area contributed by atoms with Crippen LogP contribution in [0.25, 0.3) is 0 Å². The summed E-state index contributed by atoms with van der Waals surface area (Å²) in [7, 11) is -3.94. The van der Waals surface area contributed by atoms with Crippen LogP contribution in [0.1, 0.15) is 29.2 Å². The number of ether oxygens (including phenoxy) is 1. The van der Waals surface area contributed by atoms with Crippen LogP contribution in [0, 0.1) is 0 Å². The molecule has 1 aromatic heterocycles. The predicted molar refractivity (Wildman–Crippen MR) is 117 cm³/mol. The first-order valence-electron chi connectivity index (χ1n) is 9.01. The number of amides is 1. The lowest BCUT2D eigenvalue weighted by atomic mass is 10.2. The summed E-state index contributed by atoms with van der Waals surface area (Å²) in [5, 5.41) is 11.6. The fourth-order valence-corrected chi connectivity index (χ4v) is 4.42. The third-order valence-electron chi connectivity index (χ3n) is 3.90. The maximum absolute atomic E-state index is 12.8. The summed E-state index contributed by atoms with van der Waals surface area (Å²) >= 11 is 7.36. The average molecular weight is 467 g/mol. The lowest BCUT2D eigenvalue weighted by molar-refractivity contribution is 0.102. The molecule has 0 radical (unpaired) electrons. The molecule has 1 amide bonds. The van der Waals surface area contributed by atoms with Crippen molar-refractivity contribution in [2.45, 2.75) is 25.2 Å². The number of hydrogen-bond acceptors (Lipinski definition) is 7. The monoisotopic (exact) mass is 466 g/mol. The van der Waals surface area contributed by atoms with Crippen LogP contribution in [0.15, 0.2) is 47.4 Å². The number of hydrogen-bond donors (Lipinski definition) is 2. The van der Waals surface area contributed by atoms with Gasteiger partial charge in [-0.3, -0.25) is 14.8 Å². The first-order chi connectivity index (χ1) is 14.3. The Morgan fingerprint density at radius 3 is 2.50 bits per heavy atom. The van der Waals surface area contributed by atoms with Gasteiger partial charge in [0, 0.05) is 5.69 Å². The molecule has 11 heteroatoms. The lowest BCUT2D eigenvalue weighted by Gasteiger charge is -2.11. The number of rotatable bonds is 8. The van der Waals surface area contributed by atoms with E-state index in [1.807, 2.05) is 13.8 Å². The molecule has 2 N–H and O–H groups in total. The molecule has 158 valence electrons. The third-order valence-corrected chi connectivity index (χ3v) is 6.59. The molecule has 1 heterocycles. The molecule has 0 aliphatic rings. The molecule has 2 aromatic carbocycles. The van der Waals surface area contributed by atoms with Crippen LogP contribution in [0.4, 0.5) is 10.8 Å². The maximum atomic E-state index is 12.8. The molecule has 0 spiro atoms. The van der Waals surface area contributed by atoms with Crippen LogP contribution in [0.2, 0.25) is 5.02 Å². The van der Waals surface area contributed by atoms with Crippen molar-refractivity contribution in [3.8, 4) is 5.75 Å². The standard InChI is InChI=1S/C19H19ClN4O4S2/c1-3-17-22-23-19(29-17)21-18(25)15-11-14(9-10-16(15)20)30(26,27)24-12-5-7-13(8-6-12)28-4-2/h5-11,24H,3-4H2,1-2H3,(H,21,23,25). The van der Waals surface area contributed by atoms with Gasteiger partial charge in [0.2, 0.25) is 5.13 Å². The summed E-state index contributed by atoms with van der Waals surface area (Å²) in [5.41, 5.74) is 0.375. The molecule has 8 nitrogen and oxygen atoms in total. The molecule has 0 saturated carbocycles. The summed E-state index contributed by atoms with van der Waals surface area (Å²) in [6.07, 6.45) is 0.694. The lowest BCUT2D eigenvalue weighted by Crippen LogP contribution is -2.16. The fraction of sp³-hybridized carbons (Fsp3) is 0.211. The Morgan fingerprint density at radius 1 is 1.13 bits per heavy atom. The quantitative estimate of drug-likeness (QED) is 0.514. The number of carbonyl (C=O) groups excluding carboxylic acids is 1. The van der Waals surface area contributed by atoms with E-state index in [2.05, 4.69) is 20.2 Å². The van der Waals surface area contributed by atoms with E-state index in [1.165, 1.54) is 29.5 Å². The van der Waals surface area contributed by atoms with Crippen LogP contribution in [-0.4, -0.2) is 31.1 Å². The van der Waals surface area contributed by atoms with Crippen molar-refractivity contribution in [1.82, 2.24) is 10.2 Å². The molecule has 30 heavy (non-hydrogen) atoms. The molecule has 0 fully saturated rings. The summed E-state index contributed by atoms with van der Waals surface area (Å²) in [6.45, 7) is 4.30. The Labute approximate surface area is 183 Å². The minimum absolute atomic E-state index is 0.0134.